The Hall–Kier alpha value is -3.56. The maximum Gasteiger partial charge on any atom is 0.300 e. The number of carbonyl (C=O) groups is 1. The van der Waals surface area contributed by atoms with Crippen molar-refractivity contribution in [2.45, 2.75) is 41.8 Å². The molecule has 12 heteroatoms. The number of imidazole rings is 1. The van der Waals surface area contributed by atoms with E-state index >= 15 is 0 Å². The number of thioether (sulfide) groups is 1. The molecule has 0 unspecified atom stereocenters. The number of ether oxygens (including phenoxy) is 1. The Morgan fingerprint density at radius 2 is 2.10 bits per heavy atom. The van der Waals surface area contributed by atoms with Crippen molar-refractivity contribution in [1.29, 1.82) is 0 Å². The van der Waals surface area contributed by atoms with Crippen LogP contribution in [0.4, 0.5) is 24.5 Å². The van der Waals surface area contributed by atoms with Gasteiger partial charge in [-0.15, -0.1) is 0 Å². The molecule has 2 aromatic heterocycles. The average Bonchev–Trinajstić information content (AvgIpc) is 3.21. The van der Waals surface area contributed by atoms with Crippen molar-refractivity contribution >= 4 is 34.7 Å². The highest BCUT2D eigenvalue weighted by Gasteiger charge is 2.37. The molecule has 2 aliphatic rings. The normalized spacial score (nSPS) is 20.2. The highest BCUT2D eigenvalue weighted by Crippen LogP contribution is 2.44. The molecule has 5 rings (SSSR count). The van der Waals surface area contributed by atoms with Gasteiger partial charge in [-0.25, -0.2) is 9.37 Å². The van der Waals surface area contributed by atoms with Gasteiger partial charge in [0.1, 0.15) is 22.6 Å². The van der Waals surface area contributed by atoms with Gasteiger partial charge in [-0.3, -0.25) is 9.20 Å². The summed E-state index contributed by atoms with van der Waals surface area (Å²) < 4.78 is 51.4. The number of piperidine rings is 1. The first-order valence-electron chi connectivity index (χ1n) is 13.0. The van der Waals surface area contributed by atoms with Gasteiger partial charge in [-0.2, -0.15) is 8.78 Å². The fraction of sp³-hybridized carbons (Fsp3) is 0.429. The van der Waals surface area contributed by atoms with Gasteiger partial charge in [0.2, 0.25) is 0 Å². The number of alkyl halides is 3. The number of hydrogen-bond acceptors (Lipinski definition) is 7. The zero-order valence-corrected chi connectivity index (χ0v) is 23.3. The smallest absolute Gasteiger partial charge is 0.300 e. The lowest BCUT2D eigenvalue weighted by Crippen LogP contribution is -2.46. The van der Waals surface area contributed by atoms with Gasteiger partial charge in [-0.1, -0.05) is 5.92 Å². The van der Waals surface area contributed by atoms with Crippen LogP contribution in [0.1, 0.15) is 34.6 Å². The fourth-order valence-corrected chi connectivity index (χ4v) is 5.92. The Morgan fingerprint density at radius 3 is 2.85 bits per heavy atom. The second kappa shape index (κ2) is 11.5. The molecule has 1 aromatic carbocycles. The molecular formula is C28H31F3N6O2S. The van der Waals surface area contributed by atoms with E-state index in [0.717, 1.165) is 6.54 Å². The number of nitrogens with zero attached hydrogens (tertiary/aromatic N) is 3. The molecule has 1 saturated heterocycles. The number of nitrogens with one attached hydrogen (secondary N) is 3. The van der Waals surface area contributed by atoms with E-state index in [0.29, 0.717) is 58.8 Å². The molecular weight excluding hydrogens is 541 g/mol. The molecule has 40 heavy (non-hydrogen) atoms. The summed E-state index contributed by atoms with van der Waals surface area (Å²) in [7, 11) is 4.96. The van der Waals surface area contributed by atoms with Crippen LogP contribution >= 0.6 is 11.8 Å². The molecule has 3 aromatic rings. The molecule has 4 heterocycles. The summed E-state index contributed by atoms with van der Waals surface area (Å²) >= 11 is 0.456. The van der Waals surface area contributed by atoms with Crippen LogP contribution in [0, 0.1) is 11.8 Å². The summed E-state index contributed by atoms with van der Waals surface area (Å²) in [6.45, 7) is 1.24. The van der Waals surface area contributed by atoms with Crippen LogP contribution in [0.3, 0.4) is 0 Å². The number of amides is 1. The summed E-state index contributed by atoms with van der Waals surface area (Å²) in [5.41, 5.74) is 3.01. The molecule has 0 spiro atoms. The third-order valence-electron chi connectivity index (χ3n) is 7.07. The Kier molecular flexibility index (Phi) is 8.05. The summed E-state index contributed by atoms with van der Waals surface area (Å²) in [5, 5.41) is 6.27. The van der Waals surface area contributed by atoms with Crippen LogP contribution < -0.4 is 20.7 Å². The molecule has 1 fully saturated rings. The van der Waals surface area contributed by atoms with Gasteiger partial charge in [0, 0.05) is 37.8 Å². The zero-order valence-electron chi connectivity index (χ0n) is 22.5. The van der Waals surface area contributed by atoms with Crippen LogP contribution in [0.15, 0.2) is 35.4 Å². The Balaban J connectivity index is 1.45. The topological polar surface area (TPSA) is 82.9 Å². The number of pyridine rings is 1. The molecule has 0 aliphatic carbocycles. The maximum atomic E-state index is 14.8. The number of methoxy groups -OCH3 is 1. The summed E-state index contributed by atoms with van der Waals surface area (Å²) in [6.07, 6.45) is -0.574. The van der Waals surface area contributed by atoms with Crippen molar-refractivity contribution in [3.63, 3.8) is 0 Å². The Morgan fingerprint density at radius 1 is 1.27 bits per heavy atom. The second-order valence-electron chi connectivity index (χ2n) is 9.87. The average molecular weight is 573 g/mol. The molecule has 0 saturated carbocycles. The van der Waals surface area contributed by atoms with Crippen molar-refractivity contribution in [3.8, 4) is 17.6 Å². The number of rotatable bonds is 6. The SMILES string of the molecule is CNC(=O)c1ccc(OC)c(NCC#Cc2nc3c(N[C@@H]4CCN(C)C[C@@H]4F)ccc4n3c2SC(F)(F)CC4)c1. The quantitative estimate of drug-likeness (QED) is 0.381. The van der Waals surface area contributed by atoms with Gasteiger partial charge in [0.15, 0.2) is 5.65 Å². The molecule has 212 valence electrons. The number of halogens is 3. The third kappa shape index (κ3) is 5.81. The lowest BCUT2D eigenvalue weighted by molar-refractivity contribution is 0.0957. The number of aromatic nitrogens is 2. The maximum absolute atomic E-state index is 14.8. The zero-order chi connectivity index (χ0) is 28.4. The largest absolute Gasteiger partial charge is 0.495 e. The van der Waals surface area contributed by atoms with Crippen LogP contribution in [0.5, 0.6) is 5.75 Å². The van der Waals surface area contributed by atoms with Gasteiger partial charge in [-0.05, 0) is 67.9 Å². The summed E-state index contributed by atoms with van der Waals surface area (Å²) in [6, 6.07) is 8.18. The van der Waals surface area contributed by atoms with Crippen molar-refractivity contribution in [2.75, 3.05) is 51.5 Å². The van der Waals surface area contributed by atoms with E-state index in [2.05, 4.69) is 32.8 Å². The van der Waals surface area contributed by atoms with E-state index in [1.54, 1.807) is 41.8 Å². The van der Waals surface area contributed by atoms with E-state index in [1.807, 2.05) is 11.9 Å². The second-order valence-corrected chi connectivity index (χ2v) is 11.1. The van der Waals surface area contributed by atoms with E-state index in [1.165, 1.54) is 7.11 Å². The number of hydrogen-bond donors (Lipinski definition) is 3. The van der Waals surface area contributed by atoms with Crippen molar-refractivity contribution < 1.29 is 22.7 Å². The lowest BCUT2D eigenvalue weighted by atomic mass is 10.0. The van der Waals surface area contributed by atoms with Crippen molar-refractivity contribution in [1.82, 2.24) is 19.6 Å². The monoisotopic (exact) mass is 572 g/mol. The van der Waals surface area contributed by atoms with Gasteiger partial charge < -0.3 is 25.6 Å². The van der Waals surface area contributed by atoms with Gasteiger partial charge >= 0.3 is 0 Å². The minimum absolute atomic E-state index is 0.152. The first-order valence-corrected chi connectivity index (χ1v) is 13.8. The lowest BCUT2D eigenvalue weighted by Gasteiger charge is -2.33. The third-order valence-corrected chi connectivity index (χ3v) is 8.14. The Labute approximate surface area is 235 Å². The molecule has 0 radical (unpaired) electrons. The molecule has 0 bridgehead atoms. The van der Waals surface area contributed by atoms with Crippen LogP contribution in [0.2, 0.25) is 0 Å². The molecule has 2 atom stereocenters. The Bertz CT molecular complexity index is 1480. The first-order chi connectivity index (χ1) is 19.2. The standard InChI is InChI=1S/C28H31F3N6O2S/c1-32-26(38)17-6-9-24(39-3)23(15-17)33-13-4-5-22-27-37-18(10-12-28(30,31)40-27)7-8-21(25(37)35-22)34-20-11-14-36(2)16-19(20)29/h6-9,15,19-20,33-34H,10-14,16H2,1-3H3,(H,32,38)/t19-,20+/m0/s1. The van der Waals surface area contributed by atoms with Crippen molar-refractivity contribution in [3.05, 3.63) is 47.3 Å². The van der Waals surface area contributed by atoms with E-state index < -0.39 is 17.5 Å². The number of benzene rings is 1. The minimum atomic E-state index is -2.98. The van der Waals surface area contributed by atoms with Gasteiger partial charge in [0.05, 0.1) is 31.1 Å². The van der Waals surface area contributed by atoms with Crippen LogP contribution in [-0.4, -0.2) is 78.5 Å². The highest BCUT2D eigenvalue weighted by atomic mass is 32.2. The fourth-order valence-electron chi connectivity index (χ4n) is 4.95. The summed E-state index contributed by atoms with van der Waals surface area (Å²) in [4.78, 5) is 18.6. The van der Waals surface area contributed by atoms with E-state index in [4.69, 9.17) is 4.74 Å². The van der Waals surface area contributed by atoms with E-state index in [9.17, 15) is 18.0 Å². The molecule has 2 aliphatic heterocycles. The summed E-state index contributed by atoms with van der Waals surface area (Å²) in [5.74, 6) is 6.21. The predicted molar refractivity (Wildman–Crippen MR) is 150 cm³/mol. The first kappa shape index (κ1) is 28.0. The molecule has 3 N–H and O–H groups in total. The number of likely N-dealkylation sites (tertiary alicyclic amines) is 1. The minimum Gasteiger partial charge on any atom is -0.495 e. The molecule has 8 nitrogen and oxygen atoms in total. The predicted octanol–water partition coefficient (Wildman–Crippen LogP) is 4.25. The molecule has 1 amide bonds. The number of carbonyl (C=O) groups excluding carboxylic acids is 1. The van der Waals surface area contributed by atoms with Gasteiger partial charge in [0.25, 0.3) is 11.2 Å². The number of aryl methyl sites for hydroxylation is 1. The highest BCUT2D eigenvalue weighted by molar-refractivity contribution is 8.00. The number of anilines is 2. The van der Waals surface area contributed by atoms with E-state index in [-0.39, 0.29) is 36.0 Å². The van der Waals surface area contributed by atoms with Crippen LogP contribution in [-0.2, 0) is 6.42 Å². The van der Waals surface area contributed by atoms with Crippen molar-refractivity contribution in [2.24, 2.45) is 0 Å². The van der Waals surface area contributed by atoms with Crippen LogP contribution in [0.25, 0.3) is 5.65 Å².